The number of carbonyl (C=O) groups excluding carboxylic acids is 1. The van der Waals surface area contributed by atoms with Crippen molar-refractivity contribution in [1.82, 2.24) is 4.98 Å². The number of thiophene rings is 1. The van der Waals surface area contributed by atoms with Crippen molar-refractivity contribution in [2.24, 2.45) is 0 Å². The predicted molar refractivity (Wildman–Crippen MR) is 82.1 cm³/mol. The minimum atomic E-state index is -2.64. The minimum absolute atomic E-state index is 0.0165. The average molecular weight is 344 g/mol. The highest BCUT2D eigenvalue weighted by Crippen LogP contribution is 2.33. The second kappa shape index (κ2) is 6.80. The van der Waals surface area contributed by atoms with Gasteiger partial charge in [0, 0.05) is 24.3 Å². The van der Waals surface area contributed by atoms with E-state index in [2.05, 4.69) is 10.3 Å². The molecule has 0 aromatic carbocycles. The molecule has 0 aliphatic carbocycles. The van der Waals surface area contributed by atoms with Gasteiger partial charge in [0.05, 0.1) is 10.4 Å². The standard InChI is InChI=1S/C14H14F2N2O2S2/c15-12(16)11-9(3-6-21-11)13(19)18-14-17-7-10(22-14)8-1-4-20-5-2-8/h3,6-8,12H,1-2,4-5H2,(H,17,18,19). The van der Waals surface area contributed by atoms with E-state index in [4.69, 9.17) is 4.74 Å². The second-order valence-electron chi connectivity index (χ2n) is 4.91. The van der Waals surface area contributed by atoms with Crippen molar-refractivity contribution in [2.75, 3.05) is 18.5 Å². The van der Waals surface area contributed by atoms with Crippen molar-refractivity contribution in [3.63, 3.8) is 0 Å². The zero-order valence-corrected chi connectivity index (χ0v) is 13.2. The predicted octanol–water partition coefficient (Wildman–Crippen LogP) is 4.29. The molecular weight excluding hydrogens is 330 g/mol. The number of rotatable bonds is 4. The van der Waals surface area contributed by atoms with E-state index in [0.717, 1.165) is 42.3 Å². The Kier molecular flexibility index (Phi) is 4.80. The molecule has 1 N–H and O–H groups in total. The number of hydrogen-bond donors (Lipinski definition) is 1. The van der Waals surface area contributed by atoms with Crippen molar-refractivity contribution in [3.05, 3.63) is 33.0 Å². The quantitative estimate of drug-likeness (QED) is 0.900. The number of amides is 1. The molecule has 1 amide bonds. The van der Waals surface area contributed by atoms with Crippen molar-refractivity contribution < 1.29 is 18.3 Å². The Morgan fingerprint density at radius 2 is 2.18 bits per heavy atom. The lowest BCUT2D eigenvalue weighted by molar-refractivity contribution is 0.0859. The Hall–Kier alpha value is -1.38. The Balaban J connectivity index is 1.69. The fraction of sp³-hybridized carbons (Fsp3) is 0.429. The topological polar surface area (TPSA) is 51.2 Å². The SMILES string of the molecule is O=C(Nc1ncc(C2CCOCC2)s1)c1ccsc1C(F)F. The summed E-state index contributed by atoms with van der Waals surface area (Å²) in [6.45, 7) is 1.47. The Bertz CT molecular complexity index is 651. The number of halogens is 2. The number of aromatic nitrogens is 1. The summed E-state index contributed by atoms with van der Waals surface area (Å²) in [5.74, 6) is -0.140. The molecule has 2 aromatic rings. The monoisotopic (exact) mass is 344 g/mol. The van der Waals surface area contributed by atoms with E-state index in [1.54, 1.807) is 6.20 Å². The first-order valence-corrected chi connectivity index (χ1v) is 8.55. The number of nitrogens with one attached hydrogen (secondary N) is 1. The number of nitrogens with zero attached hydrogens (tertiary/aromatic N) is 1. The summed E-state index contributed by atoms with van der Waals surface area (Å²) in [4.78, 5) is 17.2. The summed E-state index contributed by atoms with van der Waals surface area (Å²) >= 11 is 2.28. The first kappa shape index (κ1) is 15.5. The number of alkyl halides is 2. The van der Waals surface area contributed by atoms with Gasteiger partial charge in [-0.2, -0.15) is 0 Å². The normalized spacial score (nSPS) is 16.1. The highest BCUT2D eigenvalue weighted by Gasteiger charge is 2.22. The number of ether oxygens (including phenoxy) is 1. The molecule has 4 nitrogen and oxygen atoms in total. The van der Waals surface area contributed by atoms with Crippen LogP contribution in [0.15, 0.2) is 17.6 Å². The van der Waals surface area contributed by atoms with Crippen LogP contribution in [0.25, 0.3) is 0 Å². The van der Waals surface area contributed by atoms with Gasteiger partial charge in [0.1, 0.15) is 0 Å². The van der Waals surface area contributed by atoms with Crippen molar-refractivity contribution in [3.8, 4) is 0 Å². The summed E-state index contributed by atoms with van der Waals surface area (Å²) in [6, 6.07) is 1.41. The third-order valence-corrected chi connectivity index (χ3v) is 5.51. The lowest BCUT2D eigenvalue weighted by Crippen LogP contribution is -2.13. The molecule has 0 atom stereocenters. The molecule has 22 heavy (non-hydrogen) atoms. The van der Waals surface area contributed by atoms with Crippen molar-refractivity contribution in [1.29, 1.82) is 0 Å². The van der Waals surface area contributed by atoms with E-state index < -0.39 is 12.3 Å². The molecule has 1 saturated heterocycles. The summed E-state index contributed by atoms with van der Waals surface area (Å²) in [6.07, 6.45) is 0.985. The first-order chi connectivity index (χ1) is 10.6. The van der Waals surface area contributed by atoms with Crippen LogP contribution in [0.3, 0.4) is 0 Å². The van der Waals surface area contributed by atoms with Gasteiger partial charge in [0.2, 0.25) is 0 Å². The van der Waals surface area contributed by atoms with Crippen LogP contribution in [0.4, 0.5) is 13.9 Å². The zero-order chi connectivity index (χ0) is 15.5. The van der Waals surface area contributed by atoms with Gasteiger partial charge >= 0.3 is 0 Å². The Morgan fingerprint density at radius 1 is 1.41 bits per heavy atom. The number of anilines is 1. The molecule has 1 aliphatic rings. The van der Waals surface area contributed by atoms with Crippen LogP contribution < -0.4 is 5.32 Å². The van der Waals surface area contributed by atoms with Crippen LogP contribution in [0.5, 0.6) is 0 Å². The molecule has 3 rings (SSSR count). The number of thiazole rings is 1. The highest BCUT2D eigenvalue weighted by molar-refractivity contribution is 7.15. The van der Waals surface area contributed by atoms with E-state index in [0.29, 0.717) is 11.0 Å². The van der Waals surface area contributed by atoms with Gasteiger partial charge < -0.3 is 4.74 Å². The molecule has 0 saturated carbocycles. The van der Waals surface area contributed by atoms with Crippen LogP contribution in [0.1, 0.15) is 45.3 Å². The van der Waals surface area contributed by atoms with E-state index in [-0.39, 0.29) is 10.4 Å². The average Bonchev–Trinajstić information content (AvgIpc) is 3.17. The van der Waals surface area contributed by atoms with Crippen LogP contribution >= 0.6 is 22.7 Å². The van der Waals surface area contributed by atoms with Gasteiger partial charge in [-0.05, 0) is 30.2 Å². The number of carbonyl (C=O) groups is 1. The van der Waals surface area contributed by atoms with Gasteiger partial charge in [0.15, 0.2) is 5.13 Å². The summed E-state index contributed by atoms with van der Waals surface area (Å²) in [7, 11) is 0. The maximum Gasteiger partial charge on any atom is 0.273 e. The number of hydrogen-bond acceptors (Lipinski definition) is 5. The van der Waals surface area contributed by atoms with Crippen molar-refractivity contribution >= 4 is 33.7 Å². The maximum atomic E-state index is 12.8. The Labute approximate surface area is 134 Å². The third kappa shape index (κ3) is 3.34. The first-order valence-electron chi connectivity index (χ1n) is 6.85. The van der Waals surface area contributed by atoms with Gasteiger partial charge in [-0.3, -0.25) is 10.1 Å². The molecule has 3 heterocycles. The van der Waals surface area contributed by atoms with Gasteiger partial charge in [0.25, 0.3) is 12.3 Å². The smallest absolute Gasteiger partial charge is 0.273 e. The lowest BCUT2D eigenvalue weighted by atomic mass is 9.99. The van der Waals surface area contributed by atoms with Crippen LogP contribution in [0.2, 0.25) is 0 Å². The van der Waals surface area contributed by atoms with Crippen LogP contribution in [-0.4, -0.2) is 24.1 Å². The fourth-order valence-corrected chi connectivity index (χ4v) is 4.08. The third-order valence-electron chi connectivity index (χ3n) is 3.51. The summed E-state index contributed by atoms with van der Waals surface area (Å²) in [5, 5.41) is 4.54. The zero-order valence-electron chi connectivity index (χ0n) is 11.6. The molecule has 2 aromatic heterocycles. The molecule has 8 heteroatoms. The molecular formula is C14H14F2N2O2S2. The summed E-state index contributed by atoms with van der Waals surface area (Å²) < 4.78 is 30.9. The maximum absolute atomic E-state index is 12.8. The van der Waals surface area contributed by atoms with E-state index in [1.807, 2.05) is 0 Å². The minimum Gasteiger partial charge on any atom is -0.381 e. The van der Waals surface area contributed by atoms with Gasteiger partial charge in [-0.25, -0.2) is 13.8 Å². The molecule has 0 unspecified atom stereocenters. The summed E-state index contributed by atoms with van der Waals surface area (Å²) in [5.41, 5.74) is 0.0165. The van der Waals surface area contributed by atoms with E-state index in [1.165, 1.54) is 22.8 Å². The molecule has 1 aliphatic heterocycles. The molecule has 0 radical (unpaired) electrons. The molecule has 118 valence electrons. The highest BCUT2D eigenvalue weighted by atomic mass is 32.1. The lowest BCUT2D eigenvalue weighted by Gasteiger charge is -2.20. The van der Waals surface area contributed by atoms with Gasteiger partial charge in [-0.1, -0.05) is 0 Å². The molecule has 0 spiro atoms. The largest absolute Gasteiger partial charge is 0.381 e. The molecule has 0 bridgehead atoms. The van der Waals surface area contributed by atoms with E-state index >= 15 is 0 Å². The Morgan fingerprint density at radius 3 is 2.91 bits per heavy atom. The van der Waals surface area contributed by atoms with Crippen molar-refractivity contribution in [2.45, 2.75) is 25.2 Å². The second-order valence-corrected chi connectivity index (χ2v) is 6.92. The van der Waals surface area contributed by atoms with Gasteiger partial charge in [-0.15, -0.1) is 22.7 Å². The fourth-order valence-electron chi connectivity index (χ4n) is 2.36. The van der Waals surface area contributed by atoms with Crippen LogP contribution in [0, 0.1) is 0 Å². The van der Waals surface area contributed by atoms with E-state index in [9.17, 15) is 13.6 Å². The van der Waals surface area contributed by atoms with Crippen LogP contribution in [-0.2, 0) is 4.74 Å². The molecule has 1 fully saturated rings.